The fourth-order valence-corrected chi connectivity index (χ4v) is 3.08. The summed E-state index contributed by atoms with van der Waals surface area (Å²) >= 11 is 4.94. The second kappa shape index (κ2) is 5.32. The Balaban J connectivity index is 1.62. The highest BCUT2D eigenvalue weighted by Gasteiger charge is 2.39. The molecule has 2 heterocycles. The molecule has 0 spiro atoms. The maximum Gasteiger partial charge on any atom is 0.230 e. The zero-order valence-electron chi connectivity index (χ0n) is 11.0. The van der Waals surface area contributed by atoms with Gasteiger partial charge in [0.15, 0.2) is 0 Å². The second-order valence-corrected chi connectivity index (χ2v) is 5.67. The normalized spacial score (nSPS) is 23.2. The molecule has 20 heavy (non-hydrogen) atoms. The summed E-state index contributed by atoms with van der Waals surface area (Å²) in [6, 6.07) is 8.09. The molecule has 5 heteroatoms. The number of hydrogen-bond acceptors (Lipinski definition) is 4. The number of thiocarbonyl (C=S) groups is 1. The lowest BCUT2D eigenvalue weighted by atomic mass is 9.80. The van der Waals surface area contributed by atoms with Gasteiger partial charge in [-0.1, -0.05) is 24.4 Å². The Morgan fingerprint density at radius 1 is 1.30 bits per heavy atom. The number of anilines is 1. The predicted octanol–water partition coefficient (Wildman–Crippen LogP) is 1.52. The molecule has 0 bridgehead atoms. The summed E-state index contributed by atoms with van der Waals surface area (Å²) in [5, 5.41) is 4.10. The highest BCUT2D eigenvalue weighted by molar-refractivity contribution is 7.79. The van der Waals surface area contributed by atoms with E-state index in [1.165, 1.54) is 0 Å². The standard InChI is InChI=1S/C15H16N2O2S/c18-14-5-4-13(15(19)16-14)11-7-17(8-11)12-3-1-2-10(6-12)9-20/h1-3,6,9,11,13H,4-5,7-8H2,(H,16,18,19). The molecule has 0 saturated carbocycles. The Bertz CT molecular complexity index is 567. The first-order valence-electron chi connectivity index (χ1n) is 6.81. The molecule has 4 nitrogen and oxygen atoms in total. The van der Waals surface area contributed by atoms with Crippen LogP contribution in [0.1, 0.15) is 18.4 Å². The van der Waals surface area contributed by atoms with Gasteiger partial charge in [-0.2, -0.15) is 0 Å². The van der Waals surface area contributed by atoms with Crippen LogP contribution < -0.4 is 10.2 Å². The van der Waals surface area contributed by atoms with Gasteiger partial charge in [0.1, 0.15) is 0 Å². The third-order valence-electron chi connectivity index (χ3n) is 4.13. The van der Waals surface area contributed by atoms with Crippen LogP contribution in [0.4, 0.5) is 5.69 Å². The summed E-state index contributed by atoms with van der Waals surface area (Å²) in [5.74, 6) is 0.0894. The minimum atomic E-state index is -0.142. The van der Waals surface area contributed by atoms with E-state index >= 15 is 0 Å². The molecule has 1 aromatic rings. The first-order chi connectivity index (χ1) is 9.67. The SMILES string of the molecule is O=C1CCC(C2CN(c3cccc(C=S)c3)C2)C(=O)N1. The lowest BCUT2D eigenvalue weighted by Gasteiger charge is -2.45. The summed E-state index contributed by atoms with van der Waals surface area (Å²) in [5.41, 5.74) is 2.18. The van der Waals surface area contributed by atoms with Crippen LogP contribution >= 0.6 is 12.2 Å². The van der Waals surface area contributed by atoms with Crippen molar-refractivity contribution in [1.29, 1.82) is 0 Å². The quantitative estimate of drug-likeness (QED) is 0.677. The maximum atomic E-state index is 11.8. The average Bonchev–Trinajstić information content (AvgIpc) is 2.40. The number of carbonyl (C=O) groups excluding carboxylic acids is 2. The third-order valence-corrected chi connectivity index (χ3v) is 4.40. The van der Waals surface area contributed by atoms with Crippen molar-refractivity contribution in [3.63, 3.8) is 0 Å². The second-order valence-electron chi connectivity index (χ2n) is 5.44. The first kappa shape index (κ1) is 13.2. The molecule has 1 atom stereocenters. The van der Waals surface area contributed by atoms with Crippen molar-refractivity contribution in [1.82, 2.24) is 5.32 Å². The molecule has 0 aliphatic carbocycles. The molecular formula is C15H16N2O2S. The number of amides is 2. The smallest absolute Gasteiger partial charge is 0.230 e. The van der Waals surface area contributed by atoms with Crippen LogP contribution in [-0.2, 0) is 9.59 Å². The Labute approximate surface area is 123 Å². The zero-order valence-corrected chi connectivity index (χ0v) is 11.9. The van der Waals surface area contributed by atoms with Crippen molar-refractivity contribution in [2.24, 2.45) is 11.8 Å². The van der Waals surface area contributed by atoms with Gasteiger partial charge in [0.25, 0.3) is 0 Å². The lowest BCUT2D eigenvalue weighted by molar-refractivity contribution is -0.138. The molecule has 104 valence electrons. The summed E-state index contributed by atoms with van der Waals surface area (Å²) in [6.45, 7) is 1.74. The molecule has 1 N–H and O–H groups in total. The minimum Gasteiger partial charge on any atom is -0.371 e. The Morgan fingerprint density at radius 2 is 2.10 bits per heavy atom. The van der Waals surface area contributed by atoms with Crippen molar-refractivity contribution >= 4 is 35.1 Å². The highest BCUT2D eigenvalue weighted by Crippen LogP contribution is 2.33. The van der Waals surface area contributed by atoms with Crippen molar-refractivity contribution < 1.29 is 9.59 Å². The van der Waals surface area contributed by atoms with Gasteiger partial charge in [0, 0.05) is 42.4 Å². The summed E-state index contributed by atoms with van der Waals surface area (Å²) in [4.78, 5) is 25.2. The van der Waals surface area contributed by atoms with Crippen LogP contribution in [0.25, 0.3) is 0 Å². The van der Waals surface area contributed by atoms with Gasteiger partial charge >= 0.3 is 0 Å². The van der Waals surface area contributed by atoms with Crippen LogP contribution in [0, 0.1) is 11.8 Å². The molecule has 1 unspecified atom stereocenters. The van der Waals surface area contributed by atoms with Crippen molar-refractivity contribution in [2.45, 2.75) is 12.8 Å². The van der Waals surface area contributed by atoms with Gasteiger partial charge in [-0.25, -0.2) is 0 Å². The molecule has 0 radical (unpaired) electrons. The van der Waals surface area contributed by atoms with Gasteiger partial charge in [-0.15, -0.1) is 0 Å². The molecule has 1 aromatic carbocycles. The lowest BCUT2D eigenvalue weighted by Crippen LogP contribution is -2.55. The number of piperidine rings is 1. The number of imide groups is 1. The summed E-state index contributed by atoms with van der Waals surface area (Å²) in [7, 11) is 0. The van der Waals surface area contributed by atoms with E-state index in [1.807, 2.05) is 12.1 Å². The Morgan fingerprint density at radius 3 is 2.80 bits per heavy atom. The molecule has 3 rings (SSSR count). The molecule has 2 saturated heterocycles. The molecular weight excluding hydrogens is 272 g/mol. The van der Waals surface area contributed by atoms with Crippen molar-refractivity contribution in [3.8, 4) is 0 Å². The van der Waals surface area contributed by atoms with Gasteiger partial charge in [0.2, 0.25) is 11.8 Å². The summed E-state index contributed by atoms with van der Waals surface area (Å²) < 4.78 is 0. The number of hydrogen-bond donors (Lipinski definition) is 1. The molecule has 2 fully saturated rings. The number of rotatable bonds is 3. The minimum absolute atomic E-state index is 0.0161. The molecule has 2 amide bonds. The Kier molecular flexibility index (Phi) is 3.53. The fraction of sp³-hybridized carbons (Fsp3) is 0.400. The largest absolute Gasteiger partial charge is 0.371 e. The van der Waals surface area contributed by atoms with E-state index in [-0.39, 0.29) is 17.7 Å². The van der Waals surface area contributed by atoms with Crippen LogP contribution in [0.3, 0.4) is 0 Å². The number of carbonyl (C=O) groups is 2. The number of nitrogens with one attached hydrogen (secondary N) is 1. The van der Waals surface area contributed by atoms with E-state index in [1.54, 1.807) is 5.37 Å². The van der Waals surface area contributed by atoms with Crippen LogP contribution in [-0.4, -0.2) is 30.3 Å². The van der Waals surface area contributed by atoms with E-state index in [0.717, 1.165) is 24.3 Å². The first-order valence-corrected chi connectivity index (χ1v) is 7.28. The summed E-state index contributed by atoms with van der Waals surface area (Å²) in [6.07, 6.45) is 1.15. The predicted molar refractivity (Wildman–Crippen MR) is 80.8 cm³/mol. The fourth-order valence-electron chi connectivity index (χ4n) is 2.93. The van der Waals surface area contributed by atoms with Gasteiger partial charge in [-0.3, -0.25) is 14.9 Å². The van der Waals surface area contributed by atoms with Crippen LogP contribution in [0.5, 0.6) is 0 Å². The number of benzene rings is 1. The van der Waals surface area contributed by atoms with E-state index < -0.39 is 0 Å². The number of nitrogens with zero attached hydrogens (tertiary/aromatic N) is 1. The topological polar surface area (TPSA) is 49.4 Å². The van der Waals surface area contributed by atoms with Gasteiger partial charge < -0.3 is 4.90 Å². The average molecular weight is 288 g/mol. The monoisotopic (exact) mass is 288 g/mol. The third kappa shape index (κ3) is 2.45. The van der Waals surface area contributed by atoms with E-state index in [0.29, 0.717) is 18.8 Å². The van der Waals surface area contributed by atoms with E-state index in [2.05, 4.69) is 22.3 Å². The van der Waals surface area contributed by atoms with Crippen LogP contribution in [0.2, 0.25) is 0 Å². The molecule has 2 aliphatic rings. The highest BCUT2D eigenvalue weighted by atomic mass is 32.1. The Hall–Kier alpha value is -1.75. The van der Waals surface area contributed by atoms with Crippen LogP contribution in [0.15, 0.2) is 24.3 Å². The van der Waals surface area contributed by atoms with E-state index in [4.69, 9.17) is 12.2 Å². The van der Waals surface area contributed by atoms with Crippen molar-refractivity contribution in [3.05, 3.63) is 29.8 Å². The molecule has 2 aliphatic heterocycles. The van der Waals surface area contributed by atoms with Crippen molar-refractivity contribution in [2.75, 3.05) is 18.0 Å². The van der Waals surface area contributed by atoms with Gasteiger partial charge in [-0.05, 0) is 24.1 Å². The van der Waals surface area contributed by atoms with Gasteiger partial charge in [0.05, 0.1) is 0 Å². The maximum absolute atomic E-state index is 11.8. The van der Waals surface area contributed by atoms with E-state index in [9.17, 15) is 9.59 Å². The zero-order chi connectivity index (χ0) is 14.1. The molecule has 0 aromatic heterocycles.